The monoisotopic (exact) mass is 247 g/mol. The van der Waals surface area contributed by atoms with Gasteiger partial charge in [-0.15, -0.1) is 0 Å². The smallest absolute Gasteiger partial charge is 0.181 e. The Kier molecular flexibility index (Phi) is 3.39. The average Bonchev–Trinajstić information content (AvgIpc) is 2.84. The molecule has 2 N–H and O–H groups in total. The number of aromatic nitrogens is 1. The number of hydrogen-bond acceptors (Lipinski definition) is 3. The number of nitrogens with two attached hydrogens (primary N) is 1. The maximum atomic E-state index is 5.64. The number of nitrogens with zero attached hydrogens (tertiary/aromatic N) is 2. The largest absolute Gasteiger partial charge is 0.444 e. The third-order valence-corrected chi connectivity index (χ3v) is 2.70. The molecule has 2 rings (SSSR count). The first-order valence-corrected chi connectivity index (χ1v) is 5.69. The van der Waals surface area contributed by atoms with Gasteiger partial charge in [0.15, 0.2) is 17.3 Å². The molecule has 0 aliphatic rings. The molecule has 0 saturated heterocycles. The Morgan fingerprint density at radius 2 is 2.12 bits per heavy atom. The van der Waals surface area contributed by atoms with Crippen molar-refractivity contribution in [3.8, 4) is 11.3 Å². The van der Waals surface area contributed by atoms with E-state index < -0.39 is 0 Å². The molecule has 0 fully saturated rings. The first-order chi connectivity index (χ1) is 8.22. The molecule has 0 atom stereocenters. The molecule has 0 radical (unpaired) electrons. The van der Waals surface area contributed by atoms with Crippen molar-refractivity contribution < 1.29 is 4.42 Å². The van der Waals surface area contributed by atoms with Gasteiger partial charge >= 0.3 is 0 Å². The Labute approximate surface area is 105 Å². The van der Waals surface area contributed by atoms with E-state index in [1.807, 2.05) is 36.1 Å². The van der Waals surface area contributed by atoms with Crippen molar-refractivity contribution in [1.29, 1.82) is 0 Å². The van der Waals surface area contributed by atoms with Gasteiger partial charge in [0.2, 0.25) is 0 Å². The van der Waals surface area contributed by atoms with E-state index in [2.05, 4.69) is 4.98 Å². The quantitative estimate of drug-likeness (QED) is 0.844. The van der Waals surface area contributed by atoms with Gasteiger partial charge in [-0.3, -0.25) is 0 Å². The van der Waals surface area contributed by atoms with Gasteiger partial charge in [0.25, 0.3) is 0 Å². The molecule has 0 aliphatic carbocycles. The molecular weight excluding hydrogens is 234 g/mol. The van der Waals surface area contributed by atoms with Crippen LogP contribution in [0.1, 0.15) is 6.92 Å². The predicted octanol–water partition coefficient (Wildman–Crippen LogP) is 2.41. The zero-order valence-corrected chi connectivity index (χ0v) is 10.3. The predicted molar refractivity (Wildman–Crippen MR) is 71.7 cm³/mol. The lowest BCUT2D eigenvalue weighted by Gasteiger charge is -2.20. The zero-order valence-electron chi connectivity index (χ0n) is 9.46. The standard InChI is InChI=1S/C12H13N3OS/c1-2-15(12(13)17)10-5-3-9(4-6-10)11-7-14-8-16-11/h3-8H,2H2,1H3,(H2,13,17). The molecule has 0 amide bonds. The Balaban J connectivity index is 2.26. The molecule has 2 aromatic rings. The van der Waals surface area contributed by atoms with E-state index in [9.17, 15) is 0 Å². The van der Waals surface area contributed by atoms with Crippen LogP contribution in [0.2, 0.25) is 0 Å². The number of benzene rings is 1. The van der Waals surface area contributed by atoms with Crippen molar-refractivity contribution in [2.45, 2.75) is 6.92 Å². The molecule has 1 heterocycles. The number of anilines is 1. The van der Waals surface area contributed by atoms with Gasteiger partial charge in [-0.1, -0.05) is 0 Å². The van der Waals surface area contributed by atoms with Gasteiger partial charge in [0, 0.05) is 17.8 Å². The molecule has 0 saturated carbocycles. The summed E-state index contributed by atoms with van der Waals surface area (Å²) in [5.41, 5.74) is 7.59. The molecule has 0 aliphatic heterocycles. The highest BCUT2D eigenvalue weighted by molar-refractivity contribution is 7.80. The first-order valence-electron chi connectivity index (χ1n) is 5.28. The lowest BCUT2D eigenvalue weighted by Crippen LogP contribution is -2.35. The Bertz CT molecular complexity index is 493. The molecule has 1 aromatic heterocycles. The van der Waals surface area contributed by atoms with Crippen LogP contribution in [0.3, 0.4) is 0 Å². The molecule has 1 aromatic carbocycles. The summed E-state index contributed by atoms with van der Waals surface area (Å²) in [5, 5.41) is 0.375. The number of hydrogen-bond donors (Lipinski definition) is 1. The third-order valence-electron chi connectivity index (χ3n) is 2.48. The summed E-state index contributed by atoms with van der Waals surface area (Å²) in [6.07, 6.45) is 3.09. The van der Waals surface area contributed by atoms with Crippen molar-refractivity contribution in [2.24, 2.45) is 5.73 Å². The highest BCUT2D eigenvalue weighted by atomic mass is 32.1. The Morgan fingerprint density at radius 3 is 2.59 bits per heavy atom. The highest BCUT2D eigenvalue weighted by Gasteiger charge is 2.07. The lowest BCUT2D eigenvalue weighted by atomic mass is 10.1. The highest BCUT2D eigenvalue weighted by Crippen LogP contribution is 2.22. The van der Waals surface area contributed by atoms with Crippen LogP contribution < -0.4 is 10.6 Å². The van der Waals surface area contributed by atoms with Crippen molar-refractivity contribution in [2.75, 3.05) is 11.4 Å². The summed E-state index contributed by atoms with van der Waals surface area (Å²) in [6.45, 7) is 2.75. The van der Waals surface area contributed by atoms with E-state index in [0.29, 0.717) is 5.11 Å². The van der Waals surface area contributed by atoms with Crippen LogP contribution >= 0.6 is 12.2 Å². The number of oxazole rings is 1. The van der Waals surface area contributed by atoms with Crippen molar-refractivity contribution >= 4 is 23.0 Å². The number of rotatable bonds is 3. The van der Waals surface area contributed by atoms with Crippen molar-refractivity contribution in [3.05, 3.63) is 36.9 Å². The molecule has 17 heavy (non-hydrogen) atoms. The summed E-state index contributed by atoms with van der Waals surface area (Å²) >= 11 is 4.99. The minimum atomic E-state index is 0.375. The van der Waals surface area contributed by atoms with Gasteiger partial charge in [-0.25, -0.2) is 4.98 Å². The van der Waals surface area contributed by atoms with Gasteiger partial charge in [-0.2, -0.15) is 0 Å². The third kappa shape index (κ3) is 2.45. The van der Waals surface area contributed by atoms with Gasteiger partial charge in [0.1, 0.15) is 0 Å². The molecule has 88 valence electrons. The SMILES string of the molecule is CCN(C(N)=S)c1ccc(-c2cnco2)cc1. The summed E-state index contributed by atoms with van der Waals surface area (Å²) in [7, 11) is 0. The molecule has 4 nitrogen and oxygen atoms in total. The van der Waals surface area contributed by atoms with Crippen LogP contribution in [0.5, 0.6) is 0 Å². The minimum Gasteiger partial charge on any atom is -0.444 e. The maximum Gasteiger partial charge on any atom is 0.181 e. The van der Waals surface area contributed by atoms with Gasteiger partial charge < -0.3 is 15.1 Å². The van der Waals surface area contributed by atoms with Crippen LogP contribution in [0.25, 0.3) is 11.3 Å². The summed E-state index contributed by atoms with van der Waals surface area (Å²) in [6, 6.07) is 7.83. The van der Waals surface area contributed by atoms with E-state index in [1.54, 1.807) is 6.20 Å². The van der Waals surface area contributed by atoms with E-state index in [0.717, 1.165) is 23.6 Å². The zero-order chi connectivity index (χ0) is 12.3. The summed E-state index contributed by atoms with van der Waals surface area (Å²) in [5.74, 6) is 0.745. The Morgan fingerprint density at radius 1 is 1.41 bits per heavy atom. The van der Waals surface area contributed by atoms with Crippen LogP contribution in [0.15, 0.2) is 41.3 Å². The van der Waals surface area contributed by atoms with E-state index >= 15 is 0 Å². The van der Waals surface area contributed by atoms with E-state index in [4.69, 9.17) is 22.4 Å². The fourth-order valence-corrected chi connectivity index (χ4v) is 1.86. The van der Waals surface area contributed by atoms with Crippen LogP contribution in [-0.2, 0) is 0 Å². The molecule has 0 bridgehead atoms. The first kappa shape index (κ1) is 11.6. The van der Waals surface area contributed by atoms with Gasteiger partial charge in [0.05, 0.1) is 6.20 Å². The lowest BCUT2D eigenvalue weighted by molar-refractivity contribution is 0.572. The molecule has 0 spiro atoms. The second kappa shape index (κ2) is 4.97. The van der Waals surface area contributed by atoms with Crippen LogP contribution in [0, 0.1) is 0 Å². The second-order valence-corrected chi connectivity index (χ2v) is 3.91. The van der Waals surface area contributed by atoms with Crippen LogP contribution in [0.4, 0.5) is 5.69 Å². The van der Waals surface area contributed by atoms with Crippen molar-refractivity contribution in [1.82, 2.24) is 4.98 Å². The van der Waals surface area contributed by atoms with E-state index in [1.165, 1.54) is 6.39 Å². The summed E-state index contributed by atoms with van der Waals surface area (Å²) < 4.78 is 5.22. The molecule has 0 unspecified atom stereocenters. The minimum absolute atomic E-state index is 0.375. The topological polar surface area (TPSA) is 55.3 Å². The molecule has 5 heteroatoms. The molecular formula is C12H13N3OS. The summed E-state index contributed by atoms with van der Waals surface area (Å²) in [4.78, 5) is 5.74. The average molecular weight is 247 g/mol. The Hall–Kier alpha value is -1.88. The normalized spacial score (nSPS) is 10.2. The fraction of sp³-hybridized carbons (Fsp3) is 0.167. The second-order valence-electron chi connectivity index (χ2n) is 3.50. The number of thiocarbonyl (C=S) groups is 1. The van der Waals surface area contributed by atoms with Crippen LogP contribution in [-0.4, -0.2) is 16.6 Å². The maximum absolute atomic E-state index is 5.64. The fourth-order valence-electron chi connectivity index (χ4n) is 1.63. The van der Waals surface area contributed by atoms with Crippen molar-refractivity contribution in [3.63, 3.8) is 0 Å². The van der Waals surface area contributed by atoms with Gasteiger partial charge in [-0.05, 0) is 43.4 Å². The van der Waals surface area contributed by atoms with E-state index in [-0.39, 0.29) is 0 Å².